The maximum absolute atomic E-state index is 13.7. The molecule has 1 atom stereocenters. The molecule has 180 valence electrons. The number of amides is 3. The number of rotatable bonds is 8. The van der Waals surface area contributed by atoms with E-state index >= 15 is 0 Å². The highest BCUT2D eigenvalue weighted by molar-refractivity contribution is 6.31. The number of anilines is 1. The molecule has 0 bridgehead atoms. The smallest absolute Gasteiger partial charge is 0.257 e. The van der Waals surface area contributed by atoms with E-state index in [0.717, 1.165) is 10.5 Å². The van der Waals surface area contributed by atoms with Crippen LogP contribution in [0.4, 0.5) is 5.69 Å². The van der Waals surface area contributed by atoms with E-state index in [1.807, 2.05) is 30.3 Å². The van der Waals surface area contributed by atoms with E-state index in [1.165, 1.54) is 19.1 Å². The summed E-state index contributed by atoms with van der Waals surface area (Å²) in [5.74, 6) is -0.295. The first kappa shape index (κ1) is 24.3. The fraction of sp³-hybridized carbons (Fsp3) is 0.222. The van der Waals surface area contributed by atoms with Crippen molar-refractivity contribution < 1.29 is 23.9 Å². The zero-order valence-electron chi connectivity index (χ0n) is 19.4. The highest BCUT2D eigenvalue weighted by atomic mass is 35.5. The van der Waals surface area contributed by atoms with Crippen molar-refractivity contribution in [3.8, 4) is 11.5 Å². The van der Waals surface area contributed by atoms with E-state index in [1.54, 1.807) is 42.5 Å². The predicted octanol–water partition coefficient (Wildman–Crippen LogP) is 4.37. The van der Waals surface area contributed by atoms with Crippen molar-refractivity contribution in [1.82, 2.24) is 4.90 Å². The van der Waals surface area contributed by atoms with Gasteiger partial charge in [-0.1, -0.05) is 41.9 Å². The number of hydrogen-bond donors (Lipinski definition) is 0. The first-order valence-electron chi connectivity index (χ1n) is 11.1. The molecule has 8 heteroatoms. The van der Waals surface area contributed by atoms with Crippen LogP contribution in [0.1, 0.15) is 22.3 Å². The van der Waals surface area contributed by atoms with Crippen molar-refractivity contribution in [2.45, 2.75) is 18.9 Å². The third-order valence-corrected chi connectivity index (χ3v) is 6.21. The quantitative estimate of drug-likeness (QED) is 0.436. The Morgan fingerprint density at radius 3 is 2.31 bits per heavy atom. The Morgan fingerprint density at radius 2 is 1.66 bits per heavy atom. The summed E-state index contributed by atoms with van der Waals surface area (Å²) < 4.78 is 10.6. The average Bonchev–Trinajstić information content (AvgIpc) is 3.18. The molecule has 1 heterocycles. The summed E-state index contributed by atoms with van der Waals surface area (Å²) in [4.78, 5) is 42.6. The molecule has 1 fully saturated rings. The molecule has 3 amide bonds. The maximum atomic E-state index is 13.7. The molecule has 7 nitrogen and oxygen atoms in total. The fourth-order valence-corrected chi connectivity index (χ4v) is 4.28. The standard InChI is InChI=1S/C27H25ClN2O5/c1-34-23-13-8-19(16-24(23)35-2)26(32)29(15-14-18-6-4-3-5-7-18)22-17-25(31)30(27(22)33)21-11-9-20(28)10-12-21/h3-13,16,22H,14-15,17H2,1-2H3. The molecule has 1 aliphatic rings. The van der Waals surface area contributed by atoms with Gasteiger partial charge in [-0.15, -0.1) is 0 Å². The Hall–Kier alpha value is -3.84. The van der Waals surface area contributed by atoms with Gasteiger partial charge in [0.2, 0.25) is 5.91 Å². The van der Waals surface area contributed by atoms with Gasteiger partial charge < -0.3 is 14.4 Å². The molecule has 0 aliphatic carbocycles. The minimum Gasteiger partial charge on any atom is -0.493 e. The molecule has 1 unspecified atom stereocenters. The number of halogens is 1. The van der Waals surface area contributed by atoms with Crippen molar-refractivity contribution >= 4 is 35.0 Å². The van der Waals surface area contributed by atoms with Crippen molar-refractivity contribution in [1.29, 1.82) is 0 Å². The molecule has 0 spiro atoms. The summed E-state index contributed by atoms with van der Waals surface area (Å²) in [5.41, 5.74) is 1.78. The van der Waals surface area contributed by atoms with Crippen LogP contribution in [-0.2, 0) is 16.0 Å². The second kappa shape index (κ2) is 10.6. The first-order valence-corrected chi connectivity index (χ1v) is 11.5. The van der Waals surface area contributed by atoms with Gasteiger partial charge in [0, 0.05) is 17.1 Å². The van der Waals surface area contributed by atoms with Crippen LogP contribution in [0.5, 0.6) is 11.5 Å². The van der Waals surface area contributed by atoms with E-state index in [-0.39, 0.29) is 24.8 Å². The predicted molar refractivity (Wildman–Crippen MR) is 133 cm³/mol. The molecule has 35 heavy (non-hydrogen) atoms. The molecule has 1 aliphatic heterocycles. The summed E-state index contributed by atoms with van der Waals surface area (Å²) in [6, 6.07) is 20.1. The molecule has 0 N–H and O–H groups in total. The highest BCUT2D eigenvalue weighted by Gasteiger charge is 2.44. The number of ether oxygens (including phenoxy) is 2. The van der Waals surface area contributed by atoms with Gasteiger partial charge in [-0.05, 0) is 54.4 Å². The maximum Gasteiger partial charge on any atom is 0.257 e. The number of hydrogen-bond acceptors (Lipinski definition) is 5. The van der Waals surface area contributed by atoms with Gasteiger partial charge in [0.1, 0.15) is 6.04 Å². The van der Waals surface area contributed by atoms with Gasteiger partial charge in [-0.2, -0.15) is 0 Å². The van der Waals surface area contributed by atoms with Gasteiger partial charge >= 0.3 is 0 Å². The normalized spacial score (nSPS) is 15.3. The number of carbonyl (C=O) groups excluding carboxylic acids is 3. The van der Waals surface area contributed by atoms with Crippen LogP contribution in [0.3, 0.4) is 0 Å². The lowest BCUT2D eigenvalue weighted by Gasteiger charge is -2.28. The summed E-state index contributed by atoms with van der Waals surface area (Å²) in [6.07, 6.45) is 0.425. The lowest BCUT2D eigenvalue weighted by atomic mass is 10.1. The lowest BCUT2D eigenvalue weighted by Crippen LogP contribution is -2.46. The second-order valence-corrected chi connectivity index (χ2v) is 8.50. The molecular weight excluding hydrogens is 468 g/mol. The average molecular weight is 493 g/mol. The highest BCUT2D eigenvalue weighted by Crippen LogP contribution is 2.31. The Labute approximate surface area is 208 Å². The minimum absolute atomic E-state index is 0.102. The van der Waals surface area contributed by atoms with Gasteiger partial charge in [-0.3, -0.25) is 14.4 Å². The molecule has 0 saturated carbocycles. The topological polar surface area (TPSA) is 76.2 Å². The van der Waals surface area contributed by atoms with Crippen LogP contribution in [0.2, 0.25) is 5.02 Å². The van der Waals surface area contributed by atoms with Crippen LogP contribution >= 0.6 is 11.6 Å². The number of imide groups is 1. The Bertz CT molecular complexity index is 1230. The summed E-state index contributed by atoms with van der Waals surface area (Å²) in [5, 5.41) is 0.498. The van der Waals surface area contributed by atoms with Crippen molar-refractivity contribution in [3.05, 3.63) is 88.9 Å². The van der Waals surface area contributed by atoms with Crippen molar-refractivity contribution in [2.24, 2.45) is 0 Å². The minimum atomic E-state index is -0.928. The largest absolute Gasteiger partial charge is 0.493 e. The Morgan fingerprint density at radius 1 is 0.971 bits per heavy atom. The third kappa shape index (κ3) is 5.15. The van der Waals surface area contributed by atoms with Gasteiger partial charge in [-0.25, -0.2) is 4.90 Å². The SMILES string of the molecule is COc1ccc(C(=O)N(CCc2ccccc2)C2CC(=O)N(c3ccc(Cl)cc3)C2=O)cc1OC. The molecule has 3 aromatic carbocycles. The molecule has 4 rings (SSSR count). The monoisotopic (exact) mass is 492 g/mol. The zero-order valence-corrected chi connectivity index (χ0v) is 20.2. The number of nitrogens with zero attached hydrogens (tertiary/aromatic N) is 2. The van der Waals surface area contributed by atoms with Crippen LogP contribution in [-0.4, -0.2) is 49.4 Å². The van der Waals surface area contributed by atoms with E-state index in [2.05, 4.69) is 0 Å². The zero-order chi connectivity index (χ0) is 24.9. The number of carbonyl (C=O) groups is 3. The lowest BCUT2D eigenvalue weighted by molar-refractivity contribution is -0.122. The fourth-order valence-electron chi connectivity index (χ4n) is 4.15. The summed E-state index contributed by atoms with van der Waals surface area (Å²) in [7, 11) is 3.00. The number of methoxy groups -OCH3 is 2. The van der Waals surface area contributed by atoms with Crippen LogP contribution in [0, 0.1) is 0 Å². The molecule has 3 aromatic rings. The van der Waals surface area contributed by atoms with Crippen molar-refractivity contribution in [3.63, 3.8) is 0 Å². The number of benzene rings is 3. The summed E-state index contributed by atoms with van der Waals surface area (Å²) in [6.45, 7) is 0.259. The van der Waals surface area contributed by atoms with E-state index in [0.29, 0.717) is 34.2 Å². The van der Waals surface area contributed by atoms with E-state index < -0.39 is 11.9 Å². The molecular formula is C27H25ClN2O5. The third-order valence-electron chi connectivity index (χ3n) is 5.96. The van der Waals surface area contributed by atoms with Crippen molar-refractivity contribution in [2.75, 3.05) is 25.7 Å². The molecule has 0 aromatic heterocycles. The van der Waals surface area contributed by atoms with Gasteiger partial charge in [0.05, 0.1) is 26.3 Å². The molecule has 0 radical (unpaired) electrons. The van der Waals surface area contributed by atoms with Gasteiger partial charge in [0.25, 0.3) is 11.8 Å². The Kier molecular flexibility index (Phi) is 7.36. The molecule has 1 saturated heterocycles. The van der Waals surface area contributed by atoms with Gasteiger partial charge in [0.15, 0.2) is 11.5 Å². The second-order valence-electron chi connectivity index (χ2n) is 8.07. The van der Waals surface area contributed by atoms with Crippen LogP contribution < -0.4 is 14.4 Å². The summed E-state index contributed by atoms with van der Waals surface area (Å²) >= 11 is 5.96. The first-order chi connectivity index (χ1) is 16.9. The van der Waals surface area contributed by atoms with E-state index in [9.17, 15) is 14.4 Å². The van der Waals surface area contributed by atoms with E-state index in [4.69, 9.17) is 21.1 Å². The van der Waals surface area contributed by atoms with Crippen LogP contribution in [0.25, 0.3) is 0 Å². The Balaban J connectivity index is 1.66. The van der Waals surface area contributed by atoms with Crippen LogP contribution in [0.15, 0.2) is 72.8 Å².